The minimum atomic E-state index is -0.316. The predicted octanol–water partition coefficient (Wildman–Crippen LogP) is 0.446. The SMILES string of the molecule is Cc1cn2c3c(=O)n(CC(C)C)c(=O)n(C)c3nc2n1CCN1CCOCC1. The highest BCUT2D eigenvalue weighted by molar-refractivity contribution is 5.75. The van der Waals surface area contributed by atoms with Crippen LogP contribution in [0.3, 0.4) is 0 Å². The van der Waals surface area contributed by atoms with Crippen molar-refractivity contribution in [1.29, 1.82) is 0 Å². The van der Waals surface area contributed by atoms with Crippen LogP contribution in [0.2, 0.25) is 0 Å². The maximum atomic E-state index is 13.1. The number of aromatic nitrogens is 5. The van der Waals surface area contributed by atoms with Crippen molar-refractivity contribution in [3.8, 4) is 0 Å². The summed E-state index contributed by atoms with van der Waals surface area (Å²) in [5.74, 6) is 0.904. The molecule has 4 rings (SSSR count). The molecule has 9 heteroatoms. The molecule has 0 aromatic carbocycles. The summed E-state index contributed by atoms with van der Waals surface area (Å²) < 4.78 is 12.2. The molecule has 1 fully saturated rings. The molecule has 3 aromatic rings. The summed E-state index contributed by atoms with van der Waals surface area (Å²) in [5, 5.41) is 0. The minimum absolute atomic E-state index is 0.200. The molecule has 28 heavy (non-hydrogen) atoms. The van der Waals surface area contributed by atoms with Crippen molar-refractivity contribution in [1.82, 2.24) is 28.0 Å². The summed E-state index contributed by atoms with van der Waals surface area (Å²) in [7, 11) is 1.68. The van der Waals surface area contributed by atoms with Gasteiger partial charge in [-0.05, 0) is 12.8 Å². The number of rotatable bonds is 5. The first-order chi connectivity index (χ1) is 13.4. The maximum Gasteiger partial charge on any atom is 0.332 e. The molecule has 1 saturated heterocycles. The molecule has 0 N–H and O–H groups in total. The molecular formula is C19H28N6O3. The van der Waals surface area contributed by atoms with Gasteiger partial charge in [0.15, 0.2) is 11.2 Å². The quantitative estimate of drug-likeness (QED) is 0.634. The fourth-order valence-corrected chi connectivity index (χ4v) is 3.92. The van der Waals surface area contributed by atoms with Gasteiger partial charge in [0, 0.05) is 51.7 Å². The lowest BCUT2D eigenvalue weighted by Crippen LogP contribution is -2.40. The molecule has 1 aliphatic heterocycles. The summed E-state index contributed by atoms with van der Waals surface area (Å²) in [6.07, 6.45) is 1.94. The summed E-state index contributed by atoms with van der Waals surface area (Å²) in [6.45, 7) is 11.5. The van der Waals surface area contributed by atoms with Crippen molar-refractivity contribution in [2.24, 2.45) is 13.0 Å². The van der Waals surface area contributed by atoms with Crippen LogP contribution in [0.5, 0.6) is 0 Å². The summed E-state index contributed by atoms with van der Waals surface area (Å²) >= 11 is 0. The second-order valence-electron chi connectivity index (χ2n) is 7.98. The van der Waals surface area contributed by atoms with E-state index in [1.54, 1.807) is 7.05 Å². The summed E-state index contributed by atoms with van der Waals surface area (Å²) in [4.78, 5) is 32.8. The largest absolute Gasteiger partial charge is 0.379 e. The monoisotopic (exact) mass is 388 g/mol. The zero-order chi connectivity index (χ0) is 20.0. The molecule has 0 saturated carbocycles. The van der Waals surface area contributed by atoms with Gasteiger partial charge in [0.25, 0.3) is 5.56 Å². The van der Waals surface area contributed by atoms with Crippen molar-refractivity contribution in [2.45, 2.75) is 33.9 Å². The Morgan fingerprint density at radius 3 is 2.54 bits per heavy atom. The Morgan fingerprint density at radius 1 is 1.14 bits per heavy atom. The van der Waals surface area contributed by atoms with Crippen LogP contribution >= 0.6 is 0 Å². The smallest absolute Gasteiger partial charge is 0.332 e. The van der Waals surface area contributed by atoms with Gasteiger partial charge < -0.3 is 9.30 Å². The first kappa shape index (κ1) is 18.9. The van der Waals surface area contributed by atoms with Gasteiger partial charge in [-0.25, -0.2) is 4.79 Å². The van der Waals surface area contributed by atoms with Crippen molar-refractivity contribution in [3.05, 3.63) is 32.7 Å². The van der Waals surface area contributed by atoms with Gasteiger partial charge in [-0.15, -0.1) is 0 Å². The fraction of sp³-hybridized carbons (Fsp3) is 0.632. The topological polar surface area (TPSA) is 78.7 Å². The van der Waals surface area contributed by atoms with Crippen LogP contribution in [0.1, 0.15) is 19.5 Å². The molecule has 0 atom stereocenters. The maximum absolute atomic E-state index is 13.1. The molecule has 9 nitrogen and oxygen atoms in total. The third-order valence-electron chi connectivity index (χ3n) is 5.43. The molecule has 152 valence electrons. The average Bonchev–Trinajstić information content (AvgIpc) is 3.17. The molecule has 0 spiro atoms. The van der Waals surface area contributed by atoms with Crippen molar-refractivity contribution < 1.29 is 4.74 Å². The Balaban J connectivity index is 1.81. The molecule has 0 aliphatic carbocycles. The van der Waals surface area contributed by atoms with E-state index >= 15 is 0 Å². The van der Waals surface area contributed by atoms with E-state index in [0.717, 1.165) is 45.1 Å². The van der Waals surface area contributed by atoms with Gasteiger partial charge in [-0.2, -0.15) is 4.98 Å². The number of fused-ring (bicyclic) bond motifs is 3. The van der Waals surface area contributed by atoms with Crippen LogP contribution in [0.15, 0.2) is 15.8 Å². The van der Waals surface area contributed by atoms with Gasteiger partial charge in [0.05, 0.1) is 13.2 Å². The van der Waals surface area contributed by atoms with Gasteiger partial charge in [0.1, 0.15) is 0 Å². The number of ether oxygens (including phenoxy) is 1. The highest BCUT2D eigenvalue weighted by Crippen LogP contribution is 2.16. The fourth-order valence-electron chi connectivity index (χ4n) is 3.92. The molecule has 0 amide bonds. The normalized spacial score (nSPS) is 16.0. The molecule has 0 bridgehead atoms. The third kappa shape index (κ3) is 3.08. The van der Waals surface area contributed by atoms with E-state index in [-0.39, 0.29) is 17.2 Å². The van der Waals surface area contributed by atoms with Crippen LogP contribution in [0.4, 0.5) is 0 Å². The molecule has 0 unspecified atom stereocenters. The number of nitrogens with zero attached hydrogens (tertiary/aromatic N) is 6. The van der Waals surface area contributed by atoms with Crippen molar-refractivity contribution in [2.75, 3.05) is 32.8 Å². The van der Waals surface area contributed by atoms with E-state index in [2.05, 4.69) is 14.5 Å². The Kier molecular flexibility index (Phi) is 4.88. The lowest BCUT2D eigenvalue weighted by molar-refractivity contribution is 0.0364. The van der Waals surface area contributed by atoms with Gasteiger partial charge >= 0.3 is 5.69 Å². The summed E-state index contributed by atoms with van der Waals surface area (Å²) in [6, 6.07) is 0. The Labute approximate surface area is 162 Å². The van der Waals surface area contributed by atoms with Gasteiger partial charge in [-0.3, -0.25) is 23.2 Å². The second-order valence-corrected chi connectivity index (χ2v) is 7.98. The number of hydrogen-bond acceptors (Lipinski definition) is 5. The lowest BCUT2D eigenvalue weighted by Gasteiger charge is -2.26. The summed E-state index contributed by atoms with van der Waals surface area (Å²) in [5.41, 5.74) is 1.35. The van der Waals surface area contributed by atoms with E-state index in [0.29, 0.717) is 23.5 Å². The first-order valence-corrected chi connectivity index (χ1v) is 9.86. The van der Waals surface area contributed by atoms with Crippen LogP contribution in [0, 0.1) is 12.8 Å². The van der Waals surface area contributed by atoms with Crippen LogP contribution in [-0.2, 0) is 24.9 Å². The first-order valence-electron chi connectivity index (χ1n) is 9.86. The van der Waals surface area contributed by atoms with E-state index in [1.807, 2.05) is 31.4 Å². The molecule has 3 aromatic heterocycles. The standard InChI is InChI=1S/C19H28N6O3/c1-13(2)11-25-17(26)15-16(21(4)19(25)27)20-18-23(14(3)12-24(15)18)6-5-22-7-9-28-10-8-22/h12-13H,5-11H2,1-4H3. The van der Waals surface area contributed by atoms with Crippen LogP contribution in [0.25, 0.3) is 16.9 Å². The Hall–Kier alpha value is -2.39. The molecule has 4 heterocycles. The number of imidazole rings is 2. The van der Waals surface area contributed by atoms with Crippen molar-refractivity contribution in [3.63, 3.8) is 0 Å². The number of aryl methyl sites for hydroxylation is 2. The zero-order valence-electron chi connectivity index (χ0n) is 17.0. The molecule has 1 aliphatic rings. The highest BCUT2D eigenvalue weighted by Gasteiger charge is 2.21. The average molecular weight is 388 g/mol. The second kappa shape index (κ2) is 7.21. The van der Waals surface area contributed by atoms with E-state index in [4.69, 9.17) is 4.74 Å². The Bertz CT molecular complexity index is 1130. The van der Waals surface area contributed by atoms with Crippen LogP contribution < -0.4 is 11.2 Å². The molecule has 0 radical (unpaired) electrons. The van der Waals surface area contributed by atoms with Crippen LogP contribution in [-0.4, -0.2) is 60.8 Å². The predicted molar refractivity (Wildman–Crippen MR) is 107 cm³/mol. The van der Waals surface area contributed by atoms with E-state index in [9.17, 15) is 9.59 Å². The number of morpholine rings is 1. The van der Waals surface area contributed by atoms with E-state index < -0.39 is 0 Å². The molecular weight excluding hydrogens is 360 g/mol. The van der Waals surface area contributed by atoms with Gasteiger partial charge in [0.2, 0.25) is 5.78 Å². The van der Waals surface area contributed by atoms with E-state index in [1.165, 1.54) is 9.13 Å². The van der Waals surface area contributed by atoms with Crippen molar-refractivity contribution >= 4 is 16.9 Å². The highest BCUT2D eigenvalue weighted by atomic mass is 16.5. The van der Waals surface area contributed by atoms with Gasteiger partial charge in [-0.1, -0.05) is 13.8 Å². The minimum Gasteiger partial charge on any atom is -0.379 e. The Morgan fingerprint density at radius 2 is 1.86 bits per heavy atom. The number of hydrogen-bond donors (Lipinski definition) is 0. The lowest BCUT2D eigenvalue weighted by atomic mass is 10.2. The third-order valence-corrected chi connectivity index (χ3v) is 5.43. The zero-order valence-corrected chi connectivity index (χ0v) is 17.0.